The van der Waals surface area contributed by atoms with E-state index in [-0.39, 0.29) is 17.9 Å². The number of aromatic nitrogens is 4. The van der Waals surface area contributed by atoms with Crippen LogP contribution in [0.2, 0.25) is 0 Å². The Bertz CT molecular complexity index is 652. The summed E-state index contributed by atoms with van der Waals surface area (Å²) in [5, 5.41) is 19.3. The first kappa shape index (κ1) is 13.6. The van der Waals surface area contributed by atoms with Gasteiger partial charge >= 0.3 is 5.97 Å². The molecule has 0 aromatic carbocycles. The van der Waals surface area contributed by atoms with E-state index in [1.165, 1.54) is 22.6 Å². The number of carbonyl (C=O) groups is 2. The zero-order valence-corrected chi connectivity index (χ0v) is 11.0. The van der Waals surface area contributed by atoms with Crippen LogP contribution in [0.5, 0.6) is 0 Å². The minimum atomic E-state index is -1.17. The first-order valence-corrected chi connectivity index (χ1v) is 5.73. The summed E-state index contributed by atoms with van der Waals surface area (Å²) < 4.78 is 2.56. The molecular formula is C11H14N6O3. The zero-order chi connectivity index (χ0) is 14.9. The van der Waals surface area contributed by atoms with Gasteiger partial charge in [-0.2, -0.15) is 10.2 Å². The van der Waals surface area contributed by atoms with Crippen molar-refractivity contribution in [3.8, 4) is 0 Å². The van der Waals surface area contributed by atoms with E-state index in [1.807, 2.05) is 0 Å². The number of nitrogens with two attached hydrogens (primary N) is 1. The fourth-order valence-corrected chi connectivity index (χ4v) is 1.74. The molecule has 2 aromatic rings. The molecule has 0 radical (unpaired) electrons. The number of carboxylic acid groups (broad SMARTS) is 1. The predicted octanol–water partition coefficient (Wildman–Crippen LogP) is -0.156. The summed E-state index contributed by atoms with van der Waals surface area (Å²) >= 11 is 0. The molecule has 106 valence electrons. The van der Waals surface area contributed by atoms with Crippen LogP contribution in [-0.4, -0.2) is 36.5 Å². The van der Waals surface area contributed by atoms with Crippen molar-refractivity contribution in [1.82, 2.24) is 19.6 Å². The quantitative estimate of drug-likeness (QED) is 0.713. The Morgan fingerprint density at radius 1 is 1.50 bits per heavy atom. The Kier molecular flexibility index (Phi) is 3.42. The average Bonchev–Trinajstić information content (AvgIpc) is 2.83. The molecule has 2 heterocycles. The molecule has 0 bridgehead atoms. The number of nitrogens with zero attached hydrogens (tertiary/aromatic N) is 4. The number of aromatic carboxylic acids is 1. The highest BCUT2D eigenvalue weighted by Gasteiger charge is 2.18. The van der Waals surface area contributed by atoms with Crippen molar-refractivity contribution >= 4 is 23.4 Å². The van der Waals surface area contributed by atoms with Crippen molar-refractivity contribution in [3.05, 3.63) is 23.7 Å². The van der Waals surface area contributed by atoms with Crippen LogP contribution in [0.1, 0.15) is 16.1 Å². The fraction of sp³-hybridized carbons (Fsp3) is 0.273. The van der Waals surface area contributed by atoms with Crippen molar-refractivity contribution in [3.63, 3.8) is 0 Å². The Morgan fingerprint density at radius 3 is 2.75 bits per heavy atom. The lowest BCUT2D eigenvalue weighted by Crippen LogP contribution is -2.20. The van der Waals surface area contributed by atoms with Crippen LogP contribution in [-0.2, 0) is 18.4 Å². The van der Waals surface area contributed by atoms with Gasteiger partial charge < -0.3 is 16.2 Å². The third-order valence-corrected chi connectivity index (χ3v) is 2.70. The lowest BCUT2D eigenvalue weighted by molar-refractivity contribution is -0.116. The van der Waals surface area contributed by atoms with Crippen LogP contribution in [0, 0.1) is 6.92 Å². The van der Waals surface area contributed by atoms with Crippen LogP contribution in [0.15, 0.2) is 12.4 Å². The molecule has 9 nitrogen and oxygen atoms in total. The maximum Gasteiger partial charge on any atom is 0.356 e. The molecule has 0 aliphatic heterocycles. The Hall–Kier alpha value is -2.84. The van der Waals surface area contributed by atoms with Gasteiger partial charge in [0, 0.05) is 18.8 Å². The second-order valence-corrected chi connectivity index (χ2v) is 4.28. The van der Waals surface area contributed by atoms with E-state index in [1.54, 1.807) is 13.1 Å². The minimum absolute atomic E-state index is 0.0635. The molecule has 2 aromatic heterocycles. The summed E-state index contributed by atoms with van der Waals surface area (Å²) in [6.07, 6.45) is 2.92. The monoisotopic (exact) mass is 278 g/mol. The van der Waals surface area contributed by atoms with E-state index >= 15 is 0 Å². The zero-order valence-electron chi connectivity index (χ0n) is 11.0. The highest BCUT2D eigenvalue weighted by Crippen LogP contribution is 2.14. The van der Waals surface area contributed by atoms with Crippen molar-refractivity contribution in [2.24, 2.45) is 7.05 Å². The lowest BCUT2D eigenvalue weighted by Gasteiger charge is -2.04. The number of aryl methyl sites for hydroxylation is 2. The van der Waals surface area contributed by atoms with Gasteiger partial charge in [-0.05, 0) is 6.92 Å². The largest absolute Gasteiger partial charge is 0.476 e. The molecule has 0 aliphatic rings. The molecule has 20 heavy (non-hydrogen) atoms. The highest BCUT2D eigenvalue weighted by molar-refractivity contribution is 5.99. The van der Waals surface area contributed by atoms with E-state index in [9.17, 15) is 9.59 Å². The second kappa shape index (κ2) is 5.03. The fourth-order valence-electron chi connectivity index (χ4n) is 1.74. The van der Waals surface area contributed by atoms with Gasteiger partial charge in [-0.15, -0.1) is 0 Å². The van der Waals surface area contributed by atoms with E-state index in [0.29, 0.717) is 5.82 Å². The number of anilines is 2. The minimum Gasteiger partial charge on any atom is -0.476 e. The molecule has 0 fully saturated rings. The molecule has 1 amide bonds. The van der Waals surface area contributed by atoms with Crippen molar-refractivity contribution in [2.45, 2.75) is 13.5 Å². The number of nitrogen functional groups attached to an aromatic ring is 1. The van der Waals surface area contributed by atoms with Crippen molar-refractivity contribution < 1.29 is 14.7 Å². The van der Waals surface area contributed by atoms with Gasteiger partial charge in [-0.25, -0.2) is 4.79 Å². The molecule has 9 heteroatoms. The normalized spacial score (nSPS) is 10.5. The van der Waals surface area contributed by atoms with Crippen molar-refractivity contribution in [2.75, 3.05) is 11.1 Å². The topological polar surface area (TPSA) is 128 Å². The average molecular weight is 278 g/mol. The Labute approximate surface area is 114 Å². The second-order valence-electron chi connectivity index (χ2n) is 4.28. The molecule has 0 saturated carbocycles. The first-order valence-electron chi connectivity index (χ1n) is 5.73. The third-order valence-electron chi connectivity index (χ3n) is 2.70. The number of rotatable bonds is 4. The number of carbonyl (C=O) groups excluding carboxylic acids is 1. The molecule has 4 N–H and O–H groups in total. The van der Waals surface area contributed by atoms with Crippen molar-refractivity contribution in [1.29, 1.82) is 0 Å². The molecule has 0 atom stereocenters. The molecule has 0 aliphatic carbocycles. The molecule has 0 spiro atoms. The van der Waals surface area contributed by atoms with Gasteiger partial charge in [-0.3, -0.25) is 14.2 Å². The van der Waals surface area contributed by atoms with E-state index < -0.39 is 11.9 Å². The number of carboxylic acids is 1. The first-order chi connectivity index (χ1) is 9.38. The number of amides is 1. The number of nitrogens with one attached hydrogen (secondary N) is 1. The predicted molar refractivity (Wildman–Crippen MR) is 70.2 cm³/mol. The smallest absolute Gasteiger partial charge is 0.356 e. The summed E-state index contributed by atoms with van der Waals surface area (Å²) in [6.45, 7) is 1.71. The molecular weight excluding hydrogens is 264 g/mol. The van der Waals surface area contributed by atoms with Crippen LogP contribution < -0.4 is 11.1 Å². The molecule has 2 rings (SSSR count). The standard InChI is InChI=1S/C11H14N6O3/c1-6-4-17(15-10(6)12)5-8(18)14-7-3-13-16(2)9(7)11(19)20/h3-4H,5H2,1-2H3,(H2,12,15)(H,14,18)(H,19,20). The number of hydrogen-bond acceptors (Lipinski definition) is 5. The van der Waals surface area contributed by atoms with Gasteiger partial charge in [-0.1, -0.05) is 0 Å². The van der Waals surface area contributed by atoms with Crippen LogP contribution in [0.4, 0.5) is 11.5 Å². The summed E-state index contributed by atoms with van der Waals surface area (Å²) in [5.74, 6) is -1.23. The van der Waals surface area contributed by atoms with Gasteiger partial charge in [0.15, 0.2) is 5.69 Å². The highest BCUT2D eigenvalue weighted by atomic mass is 16.4. The van der Waals surface area contributed by atoms with Crippen LogP contribution >= 0.6 is 0 Å². The van der Waals surface area contributed by atoms with E-state index in [2.05, 4.69) is 15.5 Å². The van der Waals surface area contributed by atoms with E-state index in [4.69, 9.17) is 10.8 Å². The lowest BCUT2D eigenvalue weighted by atomic mass is 10.3. The number of hydrogen-bond donors (Lipinski definition) is 3. The Balaban J connectivity index is 2.10. The van der Waals surface area contributed by atoms with Crippen LogP contribution in [0.3, 0.4) is 0 Å². The molecule has 0 saturated heterocycles. The summed E-state index contributed by atoms with van der Waals surface area (Å²) in [7, 11) is 1.48. The summed E-state index contributed by atoms with van der Waals surface area (Å²) in [6, 6.07) is 0. The van der Waals surface area contributed by atoms with Gasteiger partial charge in [0.1, 0.15) is 12.4 Å². The Morgan fingerprint density at radius 2 is 2.20 bits per heavy atom. The van der Waals surface area contributed by atoms with Gasteiger partial charge in [0.2, 0.25) is 5.91 Å². The summed E-state index contributed by atoms with van der Waals surface area (Å²) in [5.41, 5.74) is 6.40. The maximum atomic E-state index is 11.8. The van der Waals surface area contributed by atoms with E-state index in [0.717, 1.165) is 5.56 Å². The SMILES string of the molecule is Cc1cn(CC(=O)Nc2cnn(C)c2C(=O)O)nc1N. The third kappa shape index (κ3) is 2.60. The summed E-state index contributed by atoms with van der Waals surface area (Å²) in [4.78, 5) is 22.9. The van der Waals surface area contributed by atoms with Gasteiger partial charge in [0.25, 0.3) is 0 Å². The van der Waals surface area contributed by atoms with Gasteiger partial charge in [0.05, 0.1) is 11.9 Å². The maximum absolute atomic E-state index is 11.8. The van der Waals surface area contributed by atoms with Crippen LogP contribution in [0.25, 0.3) is 0 Å². The molecule has 0 unspecified atom stereocenters.